The van der Waals surface area contributed by atoms with Crippen LogP contribution in [0.3, 0.4) is 0 Å². The van der Waals surface area contributed by atoms with Crippen LogP contribution >= 0.6 is 0 Å². The van der Waals surface area contributed by atoms with E-state index in [-0.39, 0.29) is 0 Å². The largest absolute Gasteiger partial charge is 0.303 e. The molecule has 0 spiro atoms. The lowest BCUT2D eigenvalue weighted by atomic mass is 9.85. The average Bonchev–Trinajstić information content (AvgIpc) is 3.44. The van der Waals surface area contributed by atoms with E-state index in [0.717, 1.165) is 12.0 Å². The monoisotopic (exact) mass is 366 g/mol. The van der Waals surface area contributed by atoms with E-state index in [1.54, 1.807) is 5.57 Å². The first kappa shape index (κ1) is 19.2. The van der Waals surface area contributed by atoms with Gasteiger partial charge < -0.3 is 4.90 Å². The van der Waals surface area contributed by atoms with E-state index in [4.69, 9.17) is 0 Å². The van der Waals surface area contributed by atoms with Gasteiger partial charge in [0.1, 0.15) is 0 Å². The number of nitrogens with zero attached hydrogens (tertiary/aromatic N) is 2. The van der Waals surface area contributed by atoms with Gasteiger partial charge in [0.25, 0.3) is 0 Å². The number of benzene rings is 1. The lowest BCUT2D eigenvalue weighted by Gasteiger charge is -2.24. The van der Waals surface area contributed by atoms with Crippen LogP contribution < -0.4 is 0 Å². The summed E-state index contributed by atoms with van der Waals surface area (Å²) >= 11 is 0. The quantitative estimate of drug-likeness (QED) is 0.679. The van der Waals surface area contributed by atoms with Gasteiger partial charge in [0, 0.05) is 31.6 Å². The smallest absolute Gasteiger partial charge is 0.00956 e. The second-order valence-electron chi connectivity index (χ2n) is 9.22. The molecule has 0 bridgehead atoms. The molecule has 2 saturated heterocycles. The predicted molar refractivity (Wildman–Crippen MR) is 116 cm³/mol. The molecule has 2 unspecified atom stereocenters. The second kappa shape index (κ2) is 8.92. The molecule has 3 fully saturated rings. The van der Waals surface area contributed by atoms with Gasteiger partial charge in [-0.1, -0.05) is 50.1 Å². The molecule has 0 radical (unpaired) electrons. The lowest BCUT2D eigenvalue weighted by Crippen LogP contribution is -2.31. The van der Waals surface area contributed by atoms with E-state index >= 15 is 0 Å². The molecular formula is C25H38N2. The zero-order valence-electron chi connectivity index (χ0n) is 17.5. The Bertz CT molecular complexity index is 620. The number of rotatable bonds is 6. The first-order valence-electron chi connectivity index (χ1n) is 11.5. The van der Waals surface area contributed by atoms with Gasteiger partial charge in [0.15, 0.2) is 0 Å². The highest BCUT2D eigenvalue weighted by atomic mass is 15.2. The summed E-state index contributed by atoms with van der Waals surface area (Å²) in [6.45, 7) is 11.1. The first-order chi connectivity index (χ1) is 13.2. The van der Waals surface area contributed by atoms with E-state index in [1.165, 1.54) is 88.8 Å². The second-order valence-corrected chi connectivity index (χ2v) is 9.22. The normalized spacial score (nSPS) is 28.4. The molecule has 0 N–H and O–H groups in total. The fourth-order valence-electron chi connectivity index (χ4n) is 5.73. The van der Waals surface area contributed by atoms with Crippen molar-refractivity contribution in [3.05, 3.63) is 41.5 Å². The molecule has 1 saturated carbocycles. The Balaban J connectivity index is 1.38. The van der Waals surface area contributed by atoms with Crippen molar-refractivity contribution in [2.24, 2.45) is 11.8 Å². The SMILES string of the molecule is C/C=C(/c1ccc(CCN2CCCC2)cc1)C1CN(C2CCCC2)CC1C. The number of hydrogen-bond donors (Lipinski definition) is 0. The fourth-order valence-corrected chi connectivity index (χ4v) is 5.73. The highest BCUT2D eigenvalue weighted by Crippen LogP contribution is 2.38. The van der Waals surface area contributed by atoms with Crippen LogP contribution in [0.2, 0.25) is 0 Å². The highest BCUT2D eigenvalue weighted by Gasteiger charge is 2.36. The van der Waals surface area contributed by atoms with Gasteiger partial charge in [-0.3, -0.25) is 4.90 Å². The van der Waals surface area contributed by atoms with Crippen molar-refractivity contribution >= 4 is 5.57 Å². The van der Waals surface area contributed by atoms with Crippen LogP contribution in [-0.4, -0.2) is 48.6 Å². The molecule has 0 aromatic heterocycles. The van der Waals surface area contributed by atoms with Crippen molar-refractivity contribution in [1.82, 2.24) is 9.80 Å². The zero-order valence-corrected chi connectivity index (χ0v) is 17.5. The average molecular weight is 367 g/mol. The van der Waals surface area contributed by atoms with Gasteiger partial charge in [0.2, 0.25) is 0 Å². The predicted octanol–water partition coefficient (Wildman–Crippen LogP) is 5.24. The standard InChI is InChI=1S/C25H38N2/c1-3-24(25-19-27(18-20(25)2)23-8-4-5-9-23)22-12-10-21(11-13-22)14-17-26-15-6-7-16-26/h3,10-13,20,23,25H,4-9,14-19H2,1-2H3/b24-3-. The van der Waals surface area contributed by atoms with Crippen molar-refractivity contribution in [3.63, 3.8) is 0 Å². The van der Waals surface area contributed by atoms with Gasteiger partial charge in [-0.15, -0.1) is 0 Å². The molecule has 2 nitrogen and oxygen atoms in total. The minimum atomic E-state index is 0.700. The molecule has 2 heteroatoms. The summed E-state index contributed by atoms with van der Waals surface area (Å²) in [5.74, 6) is 1.47. The summed E-state index contributed by atoms with van der Waals surface area (Å²) in [5.41, 5.74) is 4.52. The molecular weight excluding hydrogens is 328 g/mol. The third-order valence-electron chi connectivity index (χ3n) is 7.39. The topological polar surface area (TPSA) is 6.48 Å². The van der Waals surface area contributed by atoms with Crippen molar-refractivity contribution in [1.29, 1.82) is 0 Å². The van der Waals surface area contributed by atoms with Gasteiger partial charge >= 0.3 is 0 Å². The maximum atomic E-state index is 2.80. The van der Waals surface area contributed by atoms with Crippen LogP contribution in [0.4, 0.5) is 0 Å². The molecule has 2 aliphatic heterocycles. The fraction of sp³-hybridized carbons (Fsp3) is 0.680. The number of allylic oxidation sites excluding steroid dienone is 1. The zero-order chi connectivity index (χ0) is 18.6. The summed E-state index contributed by atoms with van der Waals surface area (Å²) in [5, 5.41) is 0. The Labute approximate surface area is 166 Å². The molecule has 148 valence electrons. The summed E-state index contributed by atoms with van der Waals surface area (Å²) in [6.07, 6.45) is 12.1. The van der Waals surface area contributed by atoms with E-state index in [1.807, 2.05) is 0 Å². The maximum absolute atomic E-state index is 2.80. The maximum Gasteiger partial charge on any atom is 0.00956 e. The molecule has 27 heavy (non-hydrogen) atoms. The van der Waals surface area contributed by atoms with Crippen LogP contribution in [0.1, 0.15) is 63.5 Å². The molecule has 1 aromatic carbocycles. The van der Waals surface area contributed by atoms with Crippen LogP contribution in [0.25, 0.3) is 5.57 Å². The number of hydrogen-bond acceptors (Lipinski definition) is 2. The Morgan fingerprint density at radius 1 is 1.00 bits per heavy atom. The minimum absolute atomic E-state index is 0.700. The van der Waals surface area contributed by atoms with E-state index in [0.29, 0.717) is 5.92 Å². The molecule has 2 atom stereocenters. The minimum Gasteiger partial charge on any atom is -0.303 e. The van der Waals surface area contributed by atoms with Gasteiger partial charge in [0.05, 0.1) is 0 Å². The van der Waals surface area contributed by atoms with Crippen molar-refractivity contribution in [2.45, 2.75) is 64.8 Å². The van der Waals surface area contributed by atoms with E-state index in [2.05, 4.69) is 54.0 Å². The Hall–Kier alpha value is -1.12. The van der Waals surface area contributed by atoms with Gasteiger partial charge in [-0.2, -0.15) is 0 Å². The Kier molecular flexibility index (Phi) is 6.35. The first-order valence-corrected chi connectivity index (χ1v) is 11.5. The molecule has 2 heterocycles. The van der Waals surface area contributed by atoms with Gasteiger partial charge in [-0.25, -0.2) is 0 Å². The summed E-state index contributed by atoms with van der Waals surface area (Å²) in [6, 6.07) is 10.4. The summed E-state index contributed by atoms with van der Waals surface area (Å²) in [7, 11) is 0. The lowest BCUT2D eigenvalue weighted by molar-refractivity contribution is 0.237. The third kappa shape index (κ3) is 4.49. The van der Waals surface area contributed by atoms with Crippen LogP contribution in [0.15, 0.2) is 30.3 Å². The van der Waals surface area contributed by atoms with Crippen molar-refractivity contribution in [2.75, 3.05) is 32.7 Å². The highest BCUT2D eigenvalue weighted by molar-refractivity contribution is 5.68. The van der Waals surface area contributed by atoms with E-state index < -0.39 is 0 Å². The third-order valence-corrected chi connectivity index (χ3v) is 7.39. The van der Waals surface area contributed by atoms with Crippen LogP contribution in [-0.2, 0) is 6.42 Å². The van der Waals surface area contributed by atoms with Crippen LogP contribution in [0, 0.1) is 11.8 Å². The van der Waals surface area contributed by atoms with Gasteiger partial charge in [-0.05, 0) is 74.7 Å². The molecule has 0 amide bonds. The summed E-state index contributed by atoms with van der Waals surface area (Å²) < 4.78 is 0. The summed E-state index contributed by atoms with van der Waals surface area (Å²) in [4.78, 5) is 5.42. The molecule has 3 aliphatic rings. The Morgan fingerprint density at radius 2 is 1.70 bits per heavy atom. The number of likely N-dealkylation sites (tertiary alicyclic amines) is 2. The molecule has 1 aromatic rings. The van der Waals surface area contributed by atoms with Crippen molar-refractivity contribution < 1.29 is 0 Å². The molecule has 4 rings (SSSR count). The van der Waals surface area contributed by atoms with Crippen molar-refractivity contribution in [3.8, 4) is 0 Å². The van der Waals surface area contributed by atoms with Crippen LogP contribution in [0.5, 0.6) is 0 Å². The molecule has 1 aliphatic carbocycles. The Morgan fingerprint density at radius 3 is 2.37 bits per heavy atom. The van der Waals surface area contributed by atoms with E-state index in [9.17, 15) is 0 Å².